The highest BCUT2D eigenvalue weighted by molar-refractivity contribution is 5.78. The molecule has 6 heteroatoms. The lowest BCUT2D eigenvalue weighted by Gasteiger charge is -2.11. The summed E-state index contributed by atoms with van der Waals surface area (Å²) < 4.78 is 5.66. The third-order valence-corrected chi connectivity index (χ3v) is 4.39. The normalized spacial score (nSPS) is 15.0. The van der Waals surface area contributed by atoms with Crippen LogP contribution >= 0.6 is 0 Å². The Kier molecular flexibility index (Phi) is 4.38. The Labute approximate surface area is 139 Å². The van der Waals surface area contributed by atoms with Gasteiger partial charge in [-0.05, 0) is 37.3 Å². The number of carbonyl (C=O) groups is 2. The summed E-state index contributed by atoms with van der Waals surface area (Å²) in [6.45, 7) is 2.10. The standard InChI is InChI=1S/C18H20N2O4/c1-12-14(20-17(24-12)13-5-3-2-4-6-13)11-19-15(21)9-18(7-8-18)10-16(22)23/h2-6H,7-11H2,1H3,(H,19,21)(H,22,23). The zero-order valence-electron chi connectivity index (χ0n) is 13.5. The molecule has 1 amide bonds. The molecular weight excluding hydrogens is 308 g/mol. The van der Waals surface area contributed by atoms with Gasteiger partial charge in [0.05, 0.1) is 13.0 Å². The number of carboxylic acids is 1. The predicted octanol–water partition coefficient (Wildman–Crippen LogP) is 2.91. The van der Waals surface area contributed by atoms with Crippen molar-refractivity contribution in [3.63, 3.8) is 0 Å². The van der Waals surface area contributed by atoms with Crippen LogP contribution in [0.5, 0.6) is 0 Å². The van der Waals surface area contributed by atoms with Crippen LogP contribution < -0.4 is 5.32 Å². The first-order valence-electron chi connectivity index (χ1n) is 7.98. The molecular formula is C18H20N2O4. The molecule has 1 fully saturated rings. The number of oxazole rings is 1. The summed E-state index contributed by atoms with van der Waals surface area (Å²) in [7, 11) is 0. The highest BCUT2D eigenvalue weighted by Crippen LogP contribution is 2.51. The quantitative estimate of drug-likeness (QED) is 0.815. The number of aliphatic carboxylic acids is 1. The summed E-state index contributed by atoms with van der Waals surface area (Å²) >= 11 is 0. The highest BCUT2D eigenvalue weighted by atomic mass is 16.4. The Morgan fingerprint density at radius 3 is 2.58 bits per heavy atom. The number of aryl methyl sites for hydroxylation is 1. The van der Waals surface area contributed by atoms with Crippen LogP contribution in [0, 0.1) is 12.3 Å². The Morgan fingerprint density at radius 2 is 1.96 bits per heavy atom. The molecule has 1 aromatic heterocycles. The number of nitrogens with zero attached hydrogens (tertiary/aromatic N) is 1. The minimum absolute atomic E-state index is 0.0571. The van der Waals surface area contributed by atoms with Crippen LogP contribution in [-0.4, -0.2) is 22.0 Å². The van der Waals surface area contributed by atoms with Crippen molar-refractivity contribution in [1.29, 1.82) is 0 Å². The van der Waals surface area contributed by atoms with Crippen molar-refractivity contribution < 1.29 is 19.1 Å². The largest absolute Gasteiger partial charge is 0.481 e. The summed E-state index contributed by atoms with van der Waals surface area (Å²) in [5, 5.41) is 11.7. The molecule has 1 aromatic carbocycles. The number of hydrogen-bond donors (Lipinski definition) is 2. The van der Waals surface area contributed by atoms with Crippen molar-refractivity contribution in [2.24, 2.45) is 5.41 Å². The average molecular weight is 328 g/mol. The van der Waals surface area contributed by atoms with Crippen LogP contribution in [-0.2, 0) is 16.1 Å². The topological polar surface area (TPSA) is 92.4 Å². The van der Waals surface area contributed by atoms with Gasteiger partial charge < -0.3 is 14.8 Å². The lowest BCUT2D eigenvalue weighted by atomic mass is 9.98. The van der Waals surface area contributed by atoms with E-state index in [0.717, 1.165) is 18.4 Å². The van der Waals surface area contributed by atoms with Gasteiger partial charge in [0.1, 0.15) is 11.5 Å². The van der Waals surface area contributed by atoms with Crippen LogP contribution in [0.15, 0.2) is 34.7 Å². The maximum atomic E-state index is 12.1. The number of rotatable bonds is 7. The summed E-state index contributed by atoms with van der Waals surface area (Å²) in [6.07, 6.45) is 1.91. The van der Waals surface area contributed by atoms with Crippen LogP contribution in [0.4, 0.5) is 0 Å². The van der Waals surface area contributed by atoms with Gasteiger partial charge in [-0.25, -0.2) is 4.98 Å². The second-order valence-corrected chi connectivity index (χ2v) is 6.41. The fraction of sp³-hybridized carbons (Fsp3) is 0.389. The van der Waals surface area contributed by atoms with E-state index in [1.54, 1.807) is 0 Å². The molecule has 0 radical (unpaired) electrons. The van der Waals surface area contributed by atoms with Gasteiger partial charge in [-0.1, -0.05) is 18.2 Å². The molecule has 0 spiro atoms. The molecule has 2 aromatic rings. The van der Waals surface area contributed by atoms with Crippen molar-refractivity contribution in [1.82, 2.24) is 10.3 Å². The van der Waals surface area contributed by atoms with Gasteiger partial charge in [0.15, 0.2) is 0 Å². The van der Waals surface area contributed by atoms with Crippen molar-refractivity contribution in [3.05, 3.63) is 41.8 Å². The fourth-order valence-electron chi connectivity index (χ4n) is 2.80. The SMILES string of the molecule is Cc1oc(-c2ccccc2)nc1CNC(=O)CC1(CC(=O)O)CC1. The molecule has 2 N–H and O–H groups in total. The number of carboxylic acid groups (broad SMARTS) is 1. The number of nitrogens with one attached hydrogen (secondary N) is 1. The molecule has 6 nitrogen and oxygen atoms in total. The molecule has 1 saturated carbocycles. The molecule has 3 rings (SSSR count). The molecule has 126 valence electrons. The Hall–Kier alpha value is -2.63. The van der Waals surface area contributed by atoms with Gasteiger partial charge >= 0.3 is 5.97 Å². The first-order chi connectivity index (χ1) is 11.5. The Morgan fingerprint density at radius 1 is 1.25 bits per heavy atom. The van der Waals surface area contributed by atoms with Gasteiger partial charge in [0.2, 0.25) is 11.8 Å². The third kappa shape index (κ3) is 3.82. The number of benzene rings is 1. The van der Waals surface area contributed by atoms with Crippen LogP contribution in [0.25, 0.3) is 11.5 Å². The van der Waals surface area contributed by atoms with Gasteiger partial charge in [-0.15, -0.1) is 0 Å². The van der Waals surface area contributed by atoms with Crippen LogP contribution in [0.1, 0.15) is 37.1 Å². The smallest absolute Gasteiger partial charge is 0.303 e. The minimum atomic E-state index is -0.847. The van der Waals surface area contributed by atoms with E-state index >= 15 is 0 Å². The summed E-state index contributed by atoms with van der Waals surface area (Å²) in [6, 6.07) is 9.57. The molecule has 24 heavy (non-hydrogen) atoms. The van der Waals surface area contributed by atoms with Gasteiger partial charge in [-0.2, -0.15) is 0 Å². The van der Waals surface area contributed by atoms with E-state index in [1.807, 2.05) is 37.3 Å². The lowest BCUT2D eigenvalue weighted by molar-refractivity contribution is -0.138. The zero-order valence-corrected chi connectivity index (χ0v) is 13.5. The summed E-state index contributed by atoms with van der Waals surface area (Å²) in [5.41, 5.74) is 1.23. The Balaban J connectivity index is 1.58. The van der Waals surface area contributed by atoms with E-state index < -0.39 is 5.97 Å². The molecule has 0 bridgehead atoms. The number of amides is 1. The van der Waals surface area contributed by atoms with Gasteiger partial charge in [-0.3, -0.25) is 9.59 Å². The molecule has 1 heterocycles. The van der Waals surface area contributed by atoms with E-state index in [4.69, 9.17) is 9.52 Å². The number of hydrogen-bond acceptors (Lipinski definition) is 4. The van der Waals surface area contributed by atoms with Gasteiger partial charge in [0, 0.05) is 12.0 Å². The number of aromatic nitrogens is 1. The Bertz CT molecular complexity index is 748. The third-order valence-electron chi connectivity index (χ3n) is 4.39. The van der Waals surface area contributed by atoms with E-state index in [2.05, 4.69) is 10.3 Å². The molecule has 0 aliphatic heterocycles. The molecule has 0 unspecified atom stereocenters. The predicted molar refractivity (Wildman–Crippen MR) is 87.1 cm³/mol. The average Bonchev–Trinajstić information content (AvgIpc) is 3.17. The van der Waals surface area contributed by atoms with E-state index in [9.17, 15) is 9.59 Å². The lowest BCUT2D eigenvalue weighted by Crippen LogP contribution is -2.27. The maximum Gasteiger partial charge on any atom is 0.303 e. The second kappa shape index (κ2) is 6.47. The first kappa shape index (κ1) is 16.2. The highest BCUT2D eigenvalue weighted by Gasteiger charge is 2.45. The summed E-state index contributed by atoms with van der Waals surface area (Å²) in [4.78, 5) is 27.4. The zero-order chi connectivity index (χ0) is 17.2. The van der Waals surface area contributed by atoms with E-state index in [0.29, 0.717) is 17.3 Å². The monoisotopic (exact) mass is 328 g/mol. The second-order valence-electron chi connectivity index (χ2n) is 6.41. The summed E-state index contributed by atoms with van der Waals surface area (Å²) in [5.74, 6) is 0.209. The van der Waals surface area contributed by atoms with Gasteiger partial charge in [0.25, 0.3) is 0 Å². The molecule has 0 saturated heterocycles. The van der Waals surface area contributed by atoms with Crippen LogP contribution in [0.3, 0.4) is 0 Å². The number of carbonyl (C=O) groups excluding carboxylic acids is 1. The fourth-order valence-corrected chi connectivity index (χ4v) is 2.80. The molecule has 0 atom stereocenters. The minimum Gasteiger partial charge on any atom is -0.481 e. The van der Waals surface area contributed by atoms with Crippen molar-refractivity contribution in [3.8, 4) is 11.5 Å². The maximum absolute atomic E-state index is 12.1. The van der Waals surface area contributed by atoms with Crippen LogP contribution in [0.2, 0.25) is 0 Å². The first-order valence-corrected chi connectivity index (χ1v) is 7.98. The van der Waals surface area contributed by atoms with E-state index in [-0.39, 0.29) is 30.7 Å². The van der Waals surface area contributed by atoms with Crippen molar-refractivity contribution in [2.45, 2.75) is 39.2 Å². The van der Waals surface area contributed by atoms with E-state index in [1.165, 1.54) is 0 Å². The van der Waals surface area contributed by atoms with Crippen molar-refractivity contribution >= 4 is 11.9 Å². The molecule has 1 aliphatic carbocycles. The molecule has 1 aliphatic rings. The van der Waals surface area contributed by atoms with Crippen molar-refractivity contribution in [2.75, 3.05) is 0 Å².